The summed E-state index contributed by atoms with van der Waals surface area (Å²) in [7, 11) is 1.67. The molecule has 0 atom stereocenters. The summed E-state index contributed by atoms with van der Waals surface area (Å²) in [6.07, 6.45) is 1.85. The Balaban J connectivity index is 1.18. The fourth-order valence-electron chi connectivity index (χ4n) is 3.91. The first kappa shape index (κ1) is 21.4. The smallest absolute Gasteiger partial charge is 0.317 e. The number of aromatic nitrogens is 4. The number of carbonyl (C=O) groups is 1. The molecule has 0 unspecified atom stereocenters. The molecular formula is C26H24N6O2. The summed E-state index contributed by atoms with van der Waals surface area (Å²) in [6.45, 7) is 1.33. The molecule has 0 saturated heterocycles. The molecule has 0 aliphatic heterocycles. The molecule has 0 aliphatic carbocycles. The molecule has 0 saturated carbocycles. The van der Waals surface area contributed by atoms with E-state index >= 15 is 0 Å². The minimum absolute atomic E-state index is 0.198. The maximum atomic E-state index is 12.6. The van der Waals surface area contributed by atoms with Crippen LogP contribution in [0.5, 0.6) is 0 Å². The number of carbonyl (C=O) groups excluding carboxylic acids is 1. The molecular weight excluding hydrogens is 428 g/mol. The molecule has 2 aromatic heterocycles. The summed E-state index contributed by atoms with van der Waals surface area (Å²) < 4.78 is 2.12. The predicted molar refractivity (Wildman–Crippen MR) is 131 cm³/mol. The van der Waals surface area contributed by atoms with E-state index in [-0.39, 0.29) is 18.1 Å². The lowest BCUT2D eigenvalue weighted by atomic mass is 10.1. The zero-order valence-corrected chi connectivity index (χ0v) is 18.7. The molecule has 5 rings (SSSR count). The summed E-state index contributed by atoms with van der Waals surface area (Å²) in [5, 5.41) is 3.44. The van der Waals surface area contributed by atoms with Gasteiger partial charge in [0, 0.05) is 20.1 Å². The highest BCUT2D eigenvalue weighted by molar-refractivity contribution is 5.77. The monoisotopic (exact) mass is 452 g/mol. The van der Waals surface area contributed by atoms with Crippen molar-refractivity contribution in [3.8, 4) is 0 Å². The van der Waals surface area contributed by atoms with E-state index in [0.717, 1.165) is 28.7 Å². The molecule has 0 radical (unpaired) electrons. The Morgan fingerprint density at radius 2 is 1.68 bits per heavy atom. The molecule has 2 amide bonds. The van der Waals surface area contributed by atoms with E-state index < -0.39 is 0 Å². The Bertz CT molecular complexity index is 1520. The van der Waals surface area contributed by atoms with Gasteiger partial charge < -0.3 is 19.8 Å². The van der Waals surface area contributed by atoms with Gasteiger partial charge in [-0.3, -0.25) is 4.79 Å². The largest absolute Gasteiger partial charge is 0.334 e. The van der Waals surface area contributed by atoms with Gasteiger partial charge in [-0.05, 0) is 35.4 Å². The van der Waals surface area contributed by atoms with Crippen molar-refractivity contribution >= 4 is 28.0 Å². The van der Waals surface area contributed by atoms with E-state index in [1.54, 1.807) is 25.2 Å². The third kappa shape index (κ3) is 4.52. The predicted octanol–water partition coefficient (Wildman–Crippen LogP) is 3.66. The number of hydrogen-bond acceptors (Lipinski definition) is 4. The van der Waals surface area contributed by atoms with Gasteiger partial charge in [-0.25, -0.2) is 14.8 Å². The van der Waals surface area contributed by atoms with Crippen LogP contribution in [0.25, 0.3) is 21.9 Å². The van der Waals surface area contributed by atoms with Gasteiger partial charge in [0.2, 0.25) is 0 Å². The minimum atomic E-state index is -0.246. The second-order valence-corrected chi connectivity index (χ2v) is 8.22. The van der Waals surface area contributed by atoms with Gasteiger partial charge in [-0.2, -0.15) is 0 Å². The molecule has 3 aromatic carbocycles. The number of imidazole rings is 1. The van der Waals surface area contributed by atoms with Gasteiger partial charge in [0.05, 0.1) is 34.8 Å². The van der Waals surface area contributed by atoms with Crippen LogP contribution in [0.2, 0.25) is 0 Å². The molecule has 2 heterocycles. The lowest BCUT2D eigenvalue weighted by molar-refractivity contribution is 0.205. The van der Waals surface area contributed by atoms with E-state index in [9.17, 15) is 9.59 Å². The van der Waals surface area contributed by atoms with Crippen molar-refractivity contribution in [3.05, 3.63) is 106 Å². The van der Waals surface area contributed by atoms with Gasteiger partial charge in [0.15, 0.2) is 0 Å². The highest BCUT2D eigenvalue weighted by Gasteiger charge is 2.12. The first-order chi connectivity index (χ1) is 16.6. The third-order valence-corrected chi connectivity index (χ3v) is 5.74. The number of amides is 2. The Morgan fingerprint density at radius 3 is 2.50 bits per heavy atom. The molecule has 8 heteroatoms. The van der Waals surface area contributed by atoms with E-state index in [1.807, 2.05) is 42.7 Å². The number of fused-ring (bicyclic) bond motifs is 2. The second-order valence-electron chi connectivity index (χ2n) is 8.22. The van der Waals surface area contributed by atoms with Crippen LogP contribution in [0.1, 0.15) is 17.0 Å². The van der Waals surface area contributed by atoms with Crippen LogP contribution >= 0.6 is 0 Å². The Hall–Kier alpha value is -4.46. The van der Waals surface area contributed by atoms with Crippen LogP contribution in [-0.2, 0) is 19.6 Å². The number of aromatic amines is 1. The second kappa shape index (κ2) is 9.19. The van der Waals surface area contributed by atoms with Crippen molar-refractivity contribution in [2.45, 2.75) is 19.6 Å². The number of rotatable bonds is 6. The van der Waals surface area contributed by atoms with Crippen molar-refractivity contribution in [1.82, 2.24) is 29.7 Å². The van der Waals surface area contributed by atoms with Crippen molar-refractivity contribution < 1.29 is 4.79 Å². The number of para-hydroxylation sites is 3. The van der Waals surface area contributed by atoms with Crippen LogP contribution < -0.4 is 10.9 Å². The fraction of sp³-hybridized carbons (Fsp3) is 0.154. The van der Waals surface area contributed by atoms with Crippen LogP contribution in [0, 0.1) is 0 Å². The van der Waals surface area contributed by atoms with Crippen molar-refractivity contribution in [2.75, 3.05) is 7.05 Å². The Morgan fingerprint density at radius 1 is 0.971 bits per heavy atom. The van der Waals surface area contributed by atoms with E-state index in [2.05, 4.69) is 43.0 Å². The molecule has 2 N–H and O–H groups in total. The van der Waals surface area contributed by atoms with Crippen LogP contribution in [0.15, 0.2) is 83.9 Å². The first-order valence-electron chi connectivity index (χ1n) is 11.0. The number of hydrogen-bond donors (Lipinski definition) is 2. The van der Waals surface area contributed by atoms with Gasteiger partial charge in [0.25, 0.3) is 5.56 Å². The van der Waals surface area contributed by atoms with Gasteiger partial charge in [-0.15, -0.1) is 0 Å². The topological polar surface area (TPSA) is 95.9 Å². The average Bonchev–Trinajstić information content (AvgIpc) is 3.26. The summed E-state index contributed by atoms with van der Waals surface area (Å²) in [5.41, 5.74) is 4.63. The van der Waals surface area contributed by atoms with Gasteiger partial charge >= 0.3 is 6.03 Å². The molecule has 0 spiro atoms. The Kier molecular flexibility index (Phi) is 5.78. The minimum Gasteiger partial charge on any atom is -0.334 e. The maximum absolute atomic E-state index is 12.6. The van der Waals surface area contributed by atoms with Crippen molar-refractivity contribution in [3.63, 3.8) is 0 Å². The van der Waals surface area contributed by atoms with E-state index in [4.69, 9.17) is 0 Å². The lowest BCUT2D eigenvalue weighted by Gasteiger charge is -2.17. The number of urea groups is 1. The Labute approximate surface area is 195 Å². The standard InChI is InChI=1S/C26H24N6O2/c1-31(16-24-29-21-7-3-2-6-20(21)25(33)30-24)26(34)27-14-18-10-12-19(13-11-18)15-32-17-28-22-8-4-5-9-23(22)32/h2-13,17H,14-16H2,1H3,(H,27,34)(H,29,30,33). The van der Waals surface area contributed by atoms with Crippen LogP contribution in [0.4, 0.5) is 4.79 Å². The molecule has 34 heavy (non-hydrogen) atoms. The number of nitrogens with zero attached hydrogens (tertiary/aromatic N) is 4. The van der Waals surface area contributed by atoms with Crippen LogP contribution in [0.3, 0.4) is 0 Å². The lowest BCUT2D eigenvalue weighted by Crippen LogP contribution is -2.37. The molecule has 170 valence electrons. The molecule has 0 fully saturated rings. The highest BCUT2D eigenvalue weighted by atomic mass is 16.2. The van der Waals surface area contributed by atoms with Crippen molar-refractivity contribution in [1.29, 1.82) is 0 Å². The quantitative estimate of drug-likeness (QED) is 0.411. The van der Waals surface area contributed by atoms with Crippen LogP contribution in [-0.4, -0.2) is 37.5 Å². The summed E-state index contributed by atoms with van der Waals surface area (Å²) in [4.78, 5) is 37.9. The average molecular weight is 453 g/mol. The first-order valence-corrected chi connectivity index (χ1v) is 11.0. The fourth-order valence-corrected chi connectivity index (χ4v) is 3.91. The highest BCUT2D eigenvalue weighted by Crippen LogP contribution is 2.14. The number of nitrogens with one attached hydrogen (secondary N) is 2. The third-order valence-electron chi connectivity index (χ3n) is 5.74. The van der Waals surface area contributed by atoms with E-state index in [1.165, 1.54) is 4.90 Å². The number of H-pyrrole nitrogens is 1. The molecule has 0 aliphatic rings. The summed E-state index contributed by atoms with van der Waals surface area (Å²) >= 11 is 0. The molecule has 5 aromatic rings. The maximum Gasteiger partial charge on any atom is 0.317 e. The number of benzene rings is 3. The SMILES string of the molecule is CN(Cc1nc2ccccc2c(=O)[nH]1)C(=O)NCc1ccc(Cn2cnc3ccccc32)cc1. The zero-order chi connectivity index (χ0) is 23.5. The summed E-state index contributed by atoms with van der Waals surface area (Å²) in [5.74, 6) is 0.442. The normalized spacial score (nSPS) is 11.1. The molecule has 0 bridgehead atoms. The van der Waals surface area contributed by atoms with Gasteiger partial charge in [-0.1, -0.05) is 48.5 Å². The van der Waals surface area contributed by atoms with Crippen molar-refractivity contribution in [2.24, 2.45) is 0 Å². The van der Waals surface area contributed by atoms with Gasteiger partial charge in [0.1, 0.15) is 5.82 Å². The zero-order valence-electron chi connectivity index (χ0n) is 18.7. The van der Waals surface area contributed by atoms with E-state index in [0.29, 0.717) is 23.3 Å². The molecule has 8 nitrogen and oxygen atoms in total. The summed E-state index contributed by atoms with van der Waals surface area (Å²) in [6, 6.07) is 23.1.